The first kappa shape index (κ1) is 17.1. The largest absolute Gasteiger partial charge is 0.481 e. The molecular weight excluding hydrogens is 296 g/mol. The molecule has 0 atom stereocenters. The number of rotatable bonds is 6. The Balaban J connectivity index is 2.85. The first-order valence-electron chi connectivity index (χ1n) is 6.11. The van der Waals surface area contributed by atoms with Crippen molar-refractivity contribution in [2.24, 2.45) is 0 Å². The maximum absolute atomic E-state index is 12.1. The molecular formula is C13H18N2O5S. The molecule has 0 spiro atoms. The Morgan fingerprint density at radius 3 is 2.43 bits per heavy atom. The maximum Gasteiger partial charge on any atom is 0.307 e. The van der Waals surface area contributed by atoms with Gasteiger partial charge in [0.05, 0.1) is 12.7 Å². The number of hydrogen-bond acceptors (Lipinski definition) is 4. The van der Waals surface area contributed by atoms with Gasteiger partial charge in [-0.1, -0.05) is 12.1 Å². The van der Waals surface area contributed by atoms with E-state index in [0.29, 0.717) is 11.3 Å². The third kappa shape index (κ3) is 5.92. The second kappa shape index (κ2) is 6.23. The van der Waals surface area contributed by atoms with Crippen LogP contribution in [0.2, 0.25) is 0 Å². The van der Waals surface area contributed by atoms with Crippen LogP contribution < -0.4 is 10.0 Å². The molecule has 3 N–H and O–H groups in total. The van der Waals surface area contributed by atoms with Crippen molar-refractivity contribution in [3.05, 3.63) is 29.8 Å². The highest BCUT2D eigenvalue weighted by Gasteiger charge is 2.30. The summed E-state index contributed by atoms with van der Waals surface area (Å²) in [6.45, 7) is 2.87. The first-order valence-corrected chi connectivity index (χ1v) is 8.00. The van der Waals surface area contributed by atoms with Crippen molar-refractivity contribution in [3.63, 3.8) is 0 Å². The molecule has 0 radical (unpaired) electrons. The number of benzene rings is 1. The van der Waals surface area contributed by atoms with Gasteiger partial charge in [-0.15, -0.1) is 0 Å². The van der Waals surface area contributed by atoms with E-state index < -0.39 is 27.4 Å². The van der Waals surface area contributed by atoms with Crippen LogP contribution in [0, 0.1) is 0 Å². The van der Waals surface area contributed by atoms with Gasteiger partial charge in [-0.05, 0) is 31.5 Å². The fourth-order valence-electron chi connectivity index (χ4n) is 1.73. The zero-order valence-electron chi connectivity index (χ0n) is 12.0. The molecule has 8 heteroatoms. The summed E-state index contributed by atoms with van der Waals surface area (Å²) in [5.41, 5.74) is -0.382. The van der Waals surface area contributed by atoms with Crippen molar-refractivity contribution in [3.8, 4) is 0 Å². The lowest BCUT2D eigenvalue weighted by Crippen LogP contribution is -2.51. The Bertz CT molecular complexity index is 652. The Hall–Kier alpha value is -1.93. The zero-order chi connectivity index (χ0) is 16.3. The Morgan fingerprint density at radius 2 is 1.90 bits per heavy atom. The molecule has 1 aromatic carbocycles. The Kier molecular flexibility index (Phi) is 5.08. The van der Waals surface area contributed by atoms with Crippen LogP contribution in [0.4, 0.5) is 5.69 Å². The van der Waals surface area contributed by atoms with Crippen LogP contribution in [0.3, 0.4) is 0 Å². The smallest absolute Gasteiger partial charge is 0.307 e. The number of carbonyl (C=O) groups excluding carboxylic acids is 1. The minimum Gasteiger partial charge on any atom is -0.481 e. The number of sulfonamides is 1. The van der Waals surface area contributed by atoms with Crippen molar-refractivity contribution in [2.75, 3.05) is 11.6 Å². The highest BCUT2D eigenvalue weighted by Crippen LogP contribution is 2.14. The summed E-state index contributed by atoms with van der Waals surface area (Å²) in [6.07, 6.45) is 0.810. The SMILES string of the molecule is CC(C)(NS(C)(=O)=O)C(=O)Nc1cccc(CC(=O)O)c1. The molecule has 0 fully saturated rings. The van der Waals surface area contributed by atoms with Crippen LogP contribution in [-0.4, -0.2) is 37.2 Å². The lowest BCUT2D eigenvalue weighted by molar-refractivity contribution is -0.136. The van der Waals surface area contributed by atoms with Crippen molar-refractivity contribution in [1.29, 1.82) is 0 Å². The van der Waals surface area contributed by atoms with Crippen molar-refractivity contribution >= 4 is 27.6 Å². The highest BCUT2D eigenvalue weighted by molar-refractivity contribution is 7.88. The molecule has 1 amide bonds. The quantitative estimate of drug-likeness (QED) is 0.711. The number of aliphatic carboxylic acids is 1. The molecule has 0 aliphatic heterocycles. The third-order valence-corrected chi connectivity index (χ3v) is 3.43. The molecule has 0 aromatic heterocycles. The van der Waals surface area contributed by atoms with Gasteiger partial charge in [0.25, 0.3) is 0 Å². The van der Waals surface area contributed by atoms with E-state index in [1.807, 2.05) is 0 Å². The molecule has 7 nitrogen and oxygen atoms in total. The summed E-state index contributed by atoms with van der Waals surface area (Å²) in [6, 6.07) is 6.37. The van der Waals surface area contributed by atoms with E-state index in [0.717, 1.165) is 6.26 Å². The second-order valence-electron chi connectivity index (χ2n) is 5.22. The monoisotopic (exact) mass is 314 g/mol. The number of nitrogens with one attached hydrogen (secondary N) is 2. The first-order chi connectivity index (χ1) is 9.49. The lowest BCUT2D eigenvalue weighted by atomic mass is 10.1. The number of hydrogen-bond donors (Lipinski definition) is 3. The summed E-state index contributed by atoms with van der Waals surface area (Å²) in [5, 5.41) is 11.3. The van der Waals surface area contributed by atoms with Crippen LogP contribution in [0.15, 0.2) is 24.3 Å². The molecule has 1 rings (SSSR count). The normalized spacial score (nSPS) is 12.0. The van der Waals surface area contributed by atoms with Gasteiger partial charge in [0.1, 0.15) is 5.54 Å². The summed E-state index contributed by atoms with van der Waals surface area (Å²) in [4.78, 5) is 22.7. The fourth-order valence-corrected chi connectivity index (χ4v) is 2.75. The number of amides is 1. The molecule has 21 heavy (non-hydrogen) atoms. The summed E-state index contributed by atoms with van der Waals surface area (Å²) >= 11 is 0. The van der Waals surface area contributed by atoms with Crippen LogP contribution in [0.5, 0.6) is 0 Å². The van der Waals surface area contributed by atoms with E-state index in [-0.39, 0.29) is 6.42 Å². The molecule has 0 unspecified atom stereocenters. The molecule has 1 aromatic rings. The number of carboxylic acid groups (broad SMARTS) is 1. The van der Waals surface area contributed by atoms with Gasteiger partial charge < -0.3 is 10.4 Å². The van der Waals surface area contributed by atoms with Gasteiger partial charge in [-0.2, -0.15) is 0 Å². The van der Waals surface area contributed by atoms with E-state index >= 15 is 0 Å². The van der Waals surface area contributed by atoms with Crippen LogP contribution in [0.1, 0.15) is 19.4 Å². The maximum atomic E-state index is 12.1. The molecule has 0 heterocycles. The van der Waals surface area contributed by atoms with Gasteiger partial charge in [0, 0.05) is 5.69 Å². The molecule has 116 valence electrons. The topological polar surface area (TPSA) is 113 Å². The molecule has 0 saturated heterocycles. The predicted octanol–water partition coefficient (Wildman–Crippen LogP) is 0.580. The van der Waals surface area contributed by atoms with E-state index in [1.54, 1.807) is 18.2 Å². The summed E-state index contributed by atoms with van der Waals surface area (Å²) < 4.78 is 24.7. The van der Waals surface area contributed by atoms with E-state index in [9.17, 15) is 18.0 Å². The number of carboxylic acids is 1. The minimum atomic E-state index is -3.53. The summed E-state index contributed by atoms with van der Waals surface area (Å²) in [5.74, 6) is -1.52. The van der Waals surface area contributed by atoms with E-state index in [1.165, 1.54) is 19.9 Å². The number of anilines is 1. The predicted molar refractivity (Wildman–Crippen MR) is 78.5 cm³/mol. The average molecular weight is 314 g/mol. The van der Waals surface area contributed by atoms with Gasteiger partial charge >= 0.3 is 5.97 Å². The fraction of sp³-hybridized carbons (Fsp3) is 0.385. The summed E-state index contributed by atoms with van der Waals surface area (Å²) in [7, 11) is -3.53. The van der Waals surface area contributed by atoms with Crippen LogP contribution in [-0.2, 0) is 26.0 Å². The third-order valence-electron chi connectivity index (χ3n) is 2.55. The van der Waals surface area contributed by atoms with Gasteiger partial charge in [0.2, 0.25) is 15.9 Å². The molecule has 0 bridgehead atoms. The molecule has 0 aliphatic rings. The van der Waals surface area contributed by atoms with E-state index in [4.69, 9.17) is 5.11 Å². The van der Waals surface area contributed by atoms with Gasteiger partial charge in [-0.25, -0.2) is 13.1 Å². The van der Waals surface area contributed by atoms with Gasteiger partial charge in [-0.3, -0.25) is 9.59 Å². The standard InChI is InChI=1S/C13H18N2O5S/c1-13(2,15-21(3,19)20)12(18)14-10-6-4-5-9(7-10)8-11(16)17/h4-7,15H,8H2,1-3H3,(H,14,18)(H,16,17). The lowest BCUT2D eigenvalue weighted by Gasteiger charge is -2.24. The zero-order valence-corrected chi connectivity index (χ0v) is 12.8. The molecule has 0 saturated carbocycles. The van der Waals surface area contributed by atoms with Crippen molar-refractivity contribution in [1.82, 2.24) is 4.72 Å². The Morgan fingerprint density at radius 1 is 1.29 bits per heavy atom. The minimum absolute atomic E-state index is 0.158. The number of carbonyl (C=O) groups is 2. The van der Waals surface area contributed by atoms with E-state index in [2.05, 4.69) is 10.0 Å². The molecule has 0 aliphatic carbocycles. The van der Waals surface area contributed by atoms with Crippen molar-refractivity contribution < 1.29 is 23.1 Å². The van der Waals surface area contributed by atoms with Crippen molar-refractivity contribution in [2.45, 2.75) is 25.8 Å². The van der Waals surface area contributed by atoms with Crippen LogP contribution >= 0.6 is 0 Å². The Labute approximate surface area is 123 Å². The van der Waals surface area contributed by atoms with Crippen LogP contribution in [0.25, 0.3) is 0 Å². The highest BCUT2D eigenvalue weighted by atomic mass is 32.2. The second-order valence-corrected chi connectivity index (χ2v) is 6.97. The average Bonchev–Trinajstić information content (AvgIpc) is 2.24. The van der Waals surface area contributed by atoms with Gasteiger partial charge in [0.15, 0.2) is 0 Å².